The fraction of sp³-hybridized carbons (Fsp3) is 0.294. The summed E-state index contributed by atoms with van der Waals surface area (Å²) in [4.78, 5) is 0.175. The second-order valence-corrected chi connectivity index (χ2v) is 7.13. The van der Waals surface area contributed by atoms with E-state index in [1.165, 1.54) is 23.5 Å². The van der Waals surface area contributed by atoms with E-state index in [9.17, 15) is 13.5 Å². The lowest BCUT2D eigenvalue weighted by Gasteiger charge is -2.27. The topological polar surface area (TPSA) is 66.8 Å². The maximum absolute atomic E-state index is 12.9. The van der Waals surface area contributed by atoms with Gasteiger partial charge in [-0.05, 0) is 36.8 Å². The van der Waals surface area contributed by atoms with Crippen LogP contribution in [0.15, 0.2) is 59.5 Å². The zero-order chi connectivity index (χ0) is 16.9. The van der Waals surface area contributed by atoms with E-state index in [1.54, 1.807) is 19.1 Å². The Kier molecular flexibility index (Phi) is 5.76. The van der Waals surface area contributed by atoms with Crippen LogP contribution in [0.3, 0.4) is 0 Å². The average molecular weight is 335 g/mol. The molecule has 0 saturated heterocycles. The van der Waals surface area contributed by atoms with E-state index in [0.29, 0.717) is 5.75 Å². The van der Waals surface area contributed by atoms with Gasteiger partial charge in [0.25, 0.3) is 0 Å². The maximum atomic E-state index is 12.9. The van der Waals surface area contributed by atoms with Crippen LogP contribution in [-0.4, -0.2) is 37.6 Å². The number of methoxy groups -OCH3 is 1. The Morgan fingerprint density at radius 3 is 2.22 bits per heavy atom. The summed E-state index contributed by atoms with van der Waals surface area (Å²) in [5.74, 6) is 0.591. The third kappa shape index (κ3) is 4.10. The van der Waals surface area contributed by atoms with Crippen LogP contribution in [0.2, 0.25) is 0 Å². The molecule has 0 fully saturated rings. The van der Waals surface area contributed by atoms with Crippen molar-refractivity contribution in [2.75, 3.05) is 13.7 Å². The monoisotopic (exact) mass is 335 g/mol. The second kappa shape index (κ2) is 7.59. The van der Waals surface area contributed by atoms with E-state index in [1.807, 2.05) is 30.3 Å². The van der Waals surface area contributed by atoms with E-state index in [4.69, 9.17) is 4.74 Å². The molecule has 0 bridgehead atoms. The predicted molar refractivity (Wildman–Crippen MR) is 88.7 cm³/mol. The number of hydrogen-bond donors (Lipinski definition) is 1. The third-order valence-electron chi connectivity index (χ3n) is 3.60. The molecule has 124 valence electrons. The van der Waals surface area contributed by atoms with Crippen molar-refractivity contribution in [1.82, 2.24) is 4.31 Å². The van der Waals surface area contributed by atoms with Crippen LogP contribution in [-0.2, 0) is 16.6 Å². The van der Waals surface area contributed by atoms with Crippen LogP contribution in [0.5, 0.6) is 5.75 Å². The highest BCUT2D eigenvalue weighted by molar-refractivity contribution is 7.89. The van der Waals surface area contributed by atoms with E-state index in [0.717, 1.165) is 5.56 Å². The predicted octanol–water partition coefficient (Wildman–Crippen LogP) is 2.27. The molecule has 2 aromatic rings. The first-order valence-electron chi connectivity index (χ1n) is 7.29. The van der Waals surface area contributed by atoms with Gasteiger partial charge in [0.05, 0.1) is 18.6 Å². The Bertz CT molecular complexity index is 714. The van der Waals surface area contributed by atoms with Gasteiger partial charge >= 0.3 is 0 Å². The normalized spacial score (nSPS) is 13.0. The molecule has 23 heavy (non-hydrogen) atoms. The Balaban J connectivity index is 2.36. The van der Waals surface area contributed by atoms with Gasteiger partial charge in [-0.3, -0.25) is 0 Å². The van der Waals surface area contributed by atoms with Crippen LogP contribution in [0.1, 0.15) is 12.5 Å². The average Bonchev–Trinajstić information content (AvgIpc) is 2.59. The van der Waals surface area contributed by atoms with E-state index < -0.39 is 16.1 Å². The van der Waals surface area contributed by atoms with E-state index >= 15 is 0 Å². The Morgan fingerprint density at radius 2 is 1.70 bits per heavy atom. The molecule has 0 aliphatic carbocycles. The lowest BCUT2D eigenvalue weighted by molar-refractivity contribution is 0.194. The summed E-state index contributed by atoms with van der Waals surface area (Å²) in [5, 5.41) is 9.45. The van der Waals surface area contributed by atoms with Gasteiger partial charge < -0.3 is 9.84 Å². The Morgan fingerprint density at radius 1 is 1.09 bits per heavy atom. The summed E-state index contributed by atoms with van der Waals surface area (Å²) in [7, 11) is -2.19. The quantitative estimate of drug-likeness (QED) is 0.843. The summed E-state index contributed by atoms with van der Waals surface area (Å²) in [5.41, 5.74) is 0.866. The number of hydrogen-bond acceptors (Lipinski definition) is 4. The van der Waals surface area contributed by atoms with Crippen LogP contribution in [0.25, 0.3) is 0 Å². The zero-order valence-electron chi connectivity index (χ0n) is 13.2. The van der Waals surface area contributed by atoms with Crippen molar-refractivity contribution in [1.29, 1.82) is 0 Å². The van der Waals surface area contributed by atoms with Crippen molar-refractivity contribution >= 4 is 10.0 Å². The van der Waals surface area contributed by atoms with Gasteiger partial charge in [0, 0.05) is 12.6 Å². The molecule has 6 heteroatoms. The zero-order valence-corrected chi connectivity index (χ0v) is 14.0. The van der Waals surface area contributed by atoms with Crippen molar-refractivity contribution < 1.29 is 18.3 Å². The highest BCUT2D eigenvalue weighted by atomic mass is 32.2. The first-order valence-corrected chi connectivity index (χ1v) is 8.73. The highest BCUT2D eigenvalue weighted by Gasteiger charge is 2.28. The van der Waals surface area contributed by atoms with E-state index in [2.05, 4.69) is 0 Å². The first-order chi connectivity index (χ1) is 11.0. The summed E-state index contributed by atoms with van der Waals surface area (Å²) in [6.45, 7) is 1.64. The number of aliphatic hydroxyl groups is 1. The van der Waals surface area contributed by atoms with Gasteiger partial charge in [0.1, 0.15) is 5.75 Å². The minimum atomic E-state index is -3.72. The van der Waals surface area contributed by atoms with Gasteiger partial charge in [0.2, 0.25) is 10.0 Å². The highest BCUT2D eigenvalue weighted by Crippen LogP contribution is 2.23. The number of sulfonamides is 1. The van der Waals surface area contributed by atoms with Gasteiger partial charge in [0.15, 0.2) is 0 Å². The van der Waals surface area contributed by atoms with Crippen LogP contribution in [0.4, 0.5) is 0 Å². The Hall–Kier alpha value is -1.89. The second-order valence-electron chi connectivity index (χ2n) is 5.24. The molecular formula is C17H21NO4S. The van der Waals surface area contributed by atoms with E-state index in [-0.39, 0.29) is 18.0 Å². The van der Waals surface area contributed by atoms with Crippen molar-refractivity contribution in [3.63, 3.8) is 0 Å². The van der Waals surface area contributed by atoms with Gasteiger partial charge in [-0.2, -0.15) is 4.31 Å². The standard InChI is InChI=1S/C17H21NO4S/c1-14(13-19)18(12-15-6-4-3-5-7-15)23(20,21)17-10-8-16(22-2)9-11-17/h3-11,14,19H,12-13H2,1-2H3. The van der Waals surface area contributed by atoms with Gasteiger partial charge in [-0.15, -0.1) is 0 Å². The molecule has 0 aliphatic heterocycles. The molecule has 0 aromatic heterocycles. The number of benzene rings is 2. The molecule has 1 unspecified atom stereocenters. The minimum absolute atomic E-state index is 0.175. The molecule has 2 aromatic carbocycles. The van der Waals surface area contributed by atoms with Crippen molar-refractivity contribution in [3.05, 3.63) is 60.2 Å². The van der Waals surface area contributed by atoms with Gasteiger partial charge in [-0.25, -0.2) is 8.42 Å². The minimum Gasteiger partial charge on any atom is -0.497 e. The smallest absolute Gasteiger partial charge is 0.243 e. The van der Waals surface area contributed by atoms with Gasteiger partial charge in [-0.1, -0.05) is 30.3 Å². The Labute approximate surface area is 137 Å². The lowest BCUT2D eigenvalue weighted by Crippen LogP contribution is -2.40. The third-order valence-corrected chi connectivity index (χ3v) is 5.58. The summed E-state index contributed by atoms with van der Waals surface area (Å²) < 4.78 is 32.2. The number of nitrogens with zero attached hydrogens (tertiary/aromatic N) is 1. The fourth-order valence-electron chi connectivity index (χ4n) is 2.22. The van der Waals surface area contributed by atoms with Crippen LogP contribution in [0, 0.1) is 0 Å². The molecule has 0 aliphatic rings. The van der Waals surface area contributed by atoms with Crippen molar-refractivity contribution in [2.24, 2.45) is 0 Å². The molecular weight excluding hydrogens is 314 g/mol. The SMILES string of the molecule is COc1ccc(S(=O)(=O)N(Cc2ccccc2)C(C)CO)cc1. The molecule has 0 saturated carbocycles. The maximum Gasteiger partial charge on any atom is 0.243 e. The lowest BCUT2D eigenvalue weighted by atomic mass is 10.2. The largest absolute Gasteiger partial charge is 0.497 e. The van der Waals surface area contributed by atoms with Crippen molar-refractivity contribution in [2.45, 2.75) is 24.4 Å². The number of aliphatic hydroxyl groups excluding tert-OH is 1. The summed E-state index contributed by atoms with van der Waals surface area (Å²) in [6.07, 6.45) is 0. The van der Waals surface area contributed by atoms with Crippen molar-refractivity contribution in [3.8, 4) is 5.75 Å². The first kappa shape index (κ1) is 17.5. The molecule has 2 rings (SSSR count). The molecule has 0 amide bonds. The van der Waals surface area contributed by atoms with Crippen LogP contribution >= 0.6 is 0 Å². The molecule has 0 spiro atoms. The molecule has 0 heterocycles. The summed E-state index contributed by atoms with van der Waals surface area (Å²) in [6, 6.07) is 15.0. The molecule has 1 N–H and O–H groups in total. The molecule has 0 radical (unpaired) electrons. The number of ether oxygens (including phenoxy) is 1. The molecule has 5 nitrogen and oxygen atoms in total. The summed E-state index contributed by atoms with van der Waals surface area (Å²) >= 11 is 0. The fourth-order valence-corrected chi connectivity index (χ4v) is 3.83. The van der Waals surface area contributed by atoms with Crippen LogP contribution < -0.4 is 4.74 Å². The number of rotatable bonds is 7. The molecule has 1 atom stereocenters.